The summed E-state index contributed by atoms with van der Waals surface area (Å²) in [5, 5.41) is 11.4. The van der Waals surface area contributed by atoms with Gasteiger partial charge in [0.15, 0.2) is 12.1 Å². The van der Waals surface area contributed by atoms with Gasteiger partial charge in [0.05, 0.1) is 4.70 Å². The fraction of sp³-hybridized carbons (Fsp3) is 0.389. The van der Waals surface area contributed by atoms with E-state index in [0.29, 0.717) is 10.6 Å². The monoisotopic (exact) mass is 386 g/mol. The predicted octanol–water partition coefficient (Wildman–Crippen LogP) is 3.35. The highest BCUT2D eigenvalue weighted by atomic mass is 32.1. The Balaban J connectivity index is 2.19. The van der Waals surface area contributed by atoms with Gasteiger partial charge in [-0.2, -0.15) is 5.26 Å². The Kier molecular flexibility index (Phi) is 6.32. The van der Waals surface area contributed by atoms with Crippen molar-refractivity contribution < 1.29 is 19.1 Å². The van der Waals surface area contributed by atoms with Crippen LogP contribution in [-0.2, 0) is 20.7 Å². The summed E-state index contributed by atoms with van der Waals surface area (Å²) in [6.45, 7) is 11.8. The molecule has 0 aliphatic heterocycles. The van der Waals surface area contributed by atoms with E-state index in [1.165, 1.54) is 11.3 Å². The molecule has 1 N–H and O–H groups in total. The molecule has 0 bridgehead atoms. The zero-order valence-electron chi connectivity index (χ0n) is 15.1. The highest BCUT2D eigenvalue weighted by molar-refractivity contribution is 7.22. The molecule has 1 atom stereocenters. The number of alkyl carbamates (subject to hydrolysis) is 1. The maximum absolute atomic E-state index is 12.2. The molecule has 1 aromatic heterocycles. The van der Waals surface area contributed by atoms with Crippen LogP contribution in [0.15, 0.2) is 18.2 Å². The Morgan fingerprint density at radius 1 is 1.44 bits per heavy atom. The van der Waals surface area contributed by atoms with Gasteiger partial charge in [-0.3, -0.25) is 0 Å². The van der Waals surface area contributed by atoms with Crippen LogP contribution < -0.4 is 5.32 Å². The second-order valence-electron chi connectivity index (χ2n) is 6.58. The van der Waals surface area contributed by atoms with Crippen LogP contribution in [0.3, 0.4) is 0 Å². The van der Waals surface area contributed by atoms with Crippen molar-refractivity contribution in [3.8, 4) is 6.07 Å². The van der Waals surface area contributed by atoms with E-state index in [9.17, 15) is 9.59 Å². The van der Waals surface area contributed by atoms with Crippen LogP contribution in [0.1, 0.15) is 26.3 Å². The van der Waals surface area contributed by atoms with Gasteiger partial charge in [0.25, 0.3) is 0 Å². The lowest BCUT2D eigenvalue weighted by Crippen LogP contribution is -2.45. The largest absolute Gasteiger partial charge is 0.449 e. The maximum atomic E-state index is 12.2. The van der Waals surface area contributed by atoms with Gasteiger partial charge in [-0.05, 0) is 38.5 Å². The number of benzene rings is 1. The Morgan fingerprint density at radius 3 is 2.81 bits per heavy atom. The molecule has 0 aliphatic rings. The van der Waals surface area contributed by atoms with Crippen LogP contribution in [0.2, 0.25) is 0 Å². The van der Waals surface area contributed by atoms with E-state index in [2.05, 4.69) is 15.1 Å². The van der Waals surface area contributed by atoms with Gasteiger partial charge in [-0.1, -0.05) is 12.6 Å². The van der Waals surface area contributed by atoms with Gasteiger partial charge < -0.3 is 19.6 Å². The average Bonchev–Trinajstić information content (AvgIpc) is 2.99. The van der Waals surface area contributed by atoms with Crippen LogP contribution >= 0.6 is 11.3 Å². The summed E-state index contributed by atoms with van der Waals surface area (Å²) in [6.07, 6.45) is -0.611. The topological polar surface area (TPSA) is 106 Å². The summed E-state index contributed by atoms with van der Waals surface area (Å²) in [6, 6.07) is 6.03. The lowest BCUT2D eigenvalue weighted by Gasteiger charge is -2.22. The number of nitrogens with zero attached hydrogens (tertiary/aromatic N) is 3. The number of amides is 1. The molecule has 0 unspecified atom stereocenters. The van der Waals surface area contributed by atoms with E-state index in [4.69, 9.17) is 21.3 Å². The molecule has 140 valence electrons. The molecule has 0 spiro atoms. The number of carbonyl (C=O) groups is 2. The van der Waals surface area contributed by atoms with Crippen molar-refractivity contribution >= 4 is 38.7 Å². The first-order valence-electron chi connectivity index (χ1n) is 8.02. The van der Waals surface area contributed by atoms with Gasteiger partial charge in [-0.15, -0.1) is 16.3 Å². The first kappa shape index (κ1) is 20.1. The highest BCUT2D eigenvalue weighted by Gasteiger charge is 2.26. The molecule has 1 aromatic carbocycles. The number of hydrogen-bond acceptors (Lipinski definition) is 7. The fourth-order valence-electron chi connectivity index (χ4n) is 2.21. The van der Waals surface area contributed by atoms with Gasteiger partial charge in [0.1, 0.15) is 17.7 Å². The van der Waals surface area contributed by atoms with Gasteiger partial charge in [-0.25, -0.2) is 9.59 Å². The molecule has 2 aromatic rings. The zero-order valence-corrected chi connectivity index (χ0v) is 15.9. The van der Waals surface area contributed by atoms with Crippen LogP contribution in [0.5, 0.6) is 0 Å². The Labute approximate surface area is 160 Å². The lowest BCUT2D eigenvalue weighted by molar-refractivity contribution is -0.144. The van der Waals surface area contributed by atoms with Crippen molar-refractivity contribution in [2.45, 2.75) is 38.8 Å². The molecular weight excluding hydrogens is 368 g/mol. The Hall–Kier alpha value is -3.17. The molecule has 8 nitrogen and oxygen atoms in total. The van der Waals surface area contributed by atoms with Crippen molar-refractivity contribution in [3.05, 3.63) is 35.2 Å². The van der Waals surface area contributed by atoms with Crippen molar-refractivity contribution in [2.24, 2.45) is 0 Å². The second kappa shape index (κ2) is 8.47. The van der Waals surface area contributed by atoms with Crippen molar-refractivity contribution in [1.29, 1.82) is 5.26 Å². The number of rotatable bonds is 5. The number of nitrogens with one attached hydrogen (secondary N) is 1. The summed E-state index contributed by atoms with van der Waals surface area (Å²) < 4.78 is 10.8. The quantitative estimate of drug-likeness (QED) is 0.624. The zero-order chi connectivity index (χ0) is 20.0. The second-order valence-corrected chi connectivity index (χ2v) is 7.59. The third kappa shape index (κ3) is 5.94. The van der Waals surface area contributed by atoms with Gasteiger partial charge >= 0.3 is 17.2 Å². The SMILES string of the molecule is [C-]#[N+]c1nc2ccc(C[C@H](NC(=O)OC(C)(C)C)C(=O)OCC#N)cc2s1. The molecule has 2 rings (SSSR count). The van der Waals surface area contributed by atoms with Crippen LogP contribution in [0.4, 0.5) is 9.93 Å². The number of aromatic nitrogens is 1. The first-order chi connectivity index (χ1) is 12.7. The maximum Gasteiger partial charge on any atom is 0.408 e. The predicted molar refractivity (Wildman–Crippen MR) is 99.3 cm³/mol. The summed E-state index contributed by atoms with van der Waals surface area (Å²) in [5.74, 6) is -0.728. The molecular formula is C18H18N4O4S. The summed E-state index contributed by atoms with van der Waals surface area (Å²) in [7, 11) is 0. The molecule has 0 saturated carbocycles. The van der Waals surface area contributed by atoms with E-state index in [-0.39, 0.29) is 6.42 Å². The number of hydrogen-bond donors (Lipinski definition) is 1. The van der Waals surface area contributed by atoms with Crippen molar-refractivity contribution in [2.75, 3.05) is 6.61 Å². The standard InChI is InChI=1S/C18H18N4O4S/c1-18(2,3)26-17(24)22-13(15(23)25-8-7-19)9-11-5-6-12-14(10-11)27-16(20-4)21-12/h5-6,10,13H,8-9H2,1-3H3,(H,22,24)/t13-/m0/s1. The number of fused-ring (bicyclic) bond motifs is 1. The molecule has 1 heterocycles. The number of thiazole rings is 1. The highest BCUT2D eigenvalue weighted by Crippen LogP contribution is 2.29. The minimum atomic E-state index is -1.01. The van der Waals surface area contributed by atoms with Crippen molar-refractivity contribution in [3.63, 3.8) is 0 Å². The van der Waals surface area contributed by atoms with E-state index >= 15 is 0 Å². The smallest absolute Gasteiger partial charge is 0.408 e. The molecule has 1 amide bonds. The molecule has 27 heavy (non-hydrogen) atoms. The number of ether oxygens (including phenoxy) is 2. The fourth-order valence-corrected chi connectivity index (χ4v) is 3.03. The van der Waals surface area contributed by atoms with Gasteiger partial charge in [0.2, 0.25) is 0 Å². The van der Waals surface area contributed by atoms with Crippen molar-refractivity contribution in [1.82, 2.24) is 10.3 Å². The number of esters is 1. The summed E-state index contributed by atoms with van der Waals surface area (Å²) in [4.78, 5) is 31.7. The molecule has 9 heteroatoms. The minimum Gasteiger partial charge on any atom is -0.449 e. The van der Waals surface area contributed by atoms with Crippen LogP contribution in [0, 0.1) is 17.9 Å². The van der Waals surface area contributed by atoms with Crippen LogP contribution in [0.25, 0.3) is 15.1 Å². The summed E-state index contributed by atoms with van der Waals surface area (Å²) in [5.41, 5.74) is 0.721. The third-order valence-electron chi connectivity index (χ3n) is 3.23. The van der Waals surface area contributed by atoms with Crippen LogP contribution in [-0.4, -0.2) is 35.3 Å². The van der Waals surface area contributed by atoms with E-state index < -0.39 is 30.3 Å². The van der Waals surface area contributed by atoms with E-state index in [0.717, 1.165) is 10.3 Å². The third-order valence-corrected chi connectivity index (χ3v) is 4.14. The minimum absolute atomic E-state index is 0.144. The normalized spacial score (nSPS) is 11.9. The number of carbonyl (C=O) groups excluding carboxylic acids is 2. The first-order valence-corrected chi connectivity index (χ1v) is 8.83. The lowest BCUT2D eigenvalue weighted by atomic mass is 10.1. The summed E-state index contributed by atoms with van der Waals surface area (Å²) >= 11 is 1.25. The molecule has 0 saturated heterocycles. The van der Waals surface area contributed by atoms with E-state index in [1.54, 1.807) is 39.0 Å². The molecule has 0 fully saturated rings. The number of nitriles is 1. The van der Waals surface area contributed by atoms with E-state index in [1.807, 2.05) is 6.07 Å². The Bertz CT molecular complexity index is 933. The molecule has 0 radical (unpaired) electrons. The molecule has 0 aliphatic carbocycles. The van der Waals surface area contributed by atoms with Gasteiger partial charge in [0, 0.05) is 6.42 Å². The average molecular weight is 386 g/mol. The Morgan fingerprint density at radius 2 is 2.19 bits per heavy atom.